The lowest BCUT2D eigenvalue weighted by Gasteiger charge is -2.18. The minimum Gasteiger partial charge on any atom is -0.395 e. The largest absolute Gasteiger partial charge is 0.395 e. The molecule has 0 saturated heterocycles. The van der Waals surface area contributed by atoms with Crippen LogP contribution in [0.25, 0.3) is 0 Å². The van der Waals surface area contributed by atoms with Crippen LogP contribution < -0.4 is 11.3 Å². The van der Waals surface area contributed by atoms with Gasteiger partial charge in [0.1, 0.15) is 0 Å². The van der Waals surface area contributed by atoms with Crippen LogP contribution in [0.4, 0.5) is 0 Å². The zero-order valence-electron chi connectivity index (χ0n) is 9.43. The van der Waals surface area contributed by atoms with Crippen LogP contribution in [0.2, 0.25) is 0 Å². The Kier molecular flexibility index (Phi) is 6.09. The summed E-state index contributed by atoms with van der Waals surface area (Å²) in [7, 11) is 0. The summed E-state index contributed by atoms with van der Waals surface area (Å²) in [4.78, 5) is 14.7. The number of amides is 1. The molecule has 1 amide bonds. The quantitative estimate of drug-likeness (QED) is 0.290. The van der Waals surface area contributed by atoms with E-state index in [1.54, 1.807) is 6.07 Å². The van der Waals surface area contributed by atoms with E-state index in [0.29, 0.717) is 24.5 Å². The standard InChI is InChI=1S/C10H17N3O3S/c11-12-10(16)9-2-1-8(17-9)7-13(3-5-14)4-6-15/h1-2,14-15H,3-7,11H2,(H,12,16). The van der Waals surface area contributed by atoms with Crippen molar-refractivity contribution in [1.82, 2.24) is 10.3 Å². The topological polar surface area (TPSA) is 98.8 Å². The summed E-state index contributed by atoms with van der Waals surface area (Å²) in [5.41, 5.74) is 2.08. The van der Waals surface area contributed by atoms with Crippen molar-refractivity contribution < 1.29 is 15.0 Å². The number of nitrogens with one attached hydrogen (secondary N) is 1. The van der Waals surface area contributed by atoms with Crippen LogP contribution >= 0.6 is 11.3 Å². The van der Waals surface area contributed by atoms with Gasteiger partial charge in [0.05, 0.1) is 18.1 Å². The number of thiophene rings is 1. The third-order valence-electron chi connectivity index (χ3n) is 2.23. The normalized spacial score (nSPS) is 10.8. The highest BCUT2D eigenvalue weighted by Crippen LogP contribution is 2.17. The average Bonchev–Trinajstić information content (AvgIpc) is 2.77. The predicted octanol–water partition coefficient (Wildman–Crippen LogP) is -0.862. The lowest BCUT2D eigenvalue weighted by atomic mass is 10.3. The summed E-state index contributed by atoms with van der Waals surface area (Å²) in [6, 6.07) is 3.55. The number of nitrogens with zero attached hydrogens (tertiary/aromatic N) is 1. The van der Waals surface area contributed by atoms with Gasteiger partial charge in [0.2, 0.25) is 0 Å². The maximum absolute atomic E-state index is 11.2. The van der Waals surface area contributed by atoms with Gasteiger partial charge in [0.15, 0.2) is 0 Å². The van der Waals surface area contributed by atoms with E-state index in [1.165, 1.54) is 11.3 Å². The van der Waals surface area contributed by atoms with Gasteiger partial charge in [-0.1, -0.05) is 0 Å². The molecule has 1 aromatic heterocycles. The highest BCUT2D eigenvalue weighted by molar-refractivity contribution is 7.14. The van der Waals surface area contributed by atoms with E-state index in [-0.39, 0.29) is 19.1 Å². The van der Waals surface area contributed by atoms with Crippen LogP contribution in [-0.4, -0.2) is 47.3 Å². The Morgan fingerprint density at radius 2 is 2.00 bits per heavy atom. The minimum atomic E-state index is -0.308. The molecule has 0 bridgehead atoms. The fourth-order valence-corrected chi connectivity index (χ4v) is 2.38. The zero-order valence-corrected chi connectivity index (χ0v) is 10.2. The SMILES string of the molecule is NNC(=O)c1ccc(CN(CCO)CCO)s1. The van der Waals surface area contributed by atoms with Crippen molar-refractivity contribution in [1.29, 1.82) is 0 Å². The molecule has 0 atom stereocenters. The zero-order chi connectivity index (χ0) is 12.7. The average molecular weight is 259 g/mol. The van der Waals surface area contributed by atoms with E-state index in [4.69, 9.17) is 16.1 Å². The first kappa shape index (κ1) is 14.1. The third kappa shape index (κ3) is 4.41. The van der Waals surface area contributed by atoms with Crippen molar-refractivity contribution in [3.63, 3.8) is 0 Å². The number of nitrogens with two attached hydrogens (primary N) is 1. The number of carbonyl (C=O) groups is 1. The van der Waals surface area contributed by atoms with Gasteiger partial charge in [0.25, 0.3) is 5.91 Å². The first-order valence-corrected chi connectivity index (χ1v) is 6.06. The molecule has 5 N–H and O–H groups in total. The Bertz CT molecular complexity index is 350. The van der Waals surface area contributed by atoms with E-state index in [0.717, 1.165) is 4.88 Å². The summed E-state index contributed by atoms with van der Waals surface area (Å²) in [6.07, 6.45) is 0. The molecule has 1 heterocycles. The molecular weight excluding hydrogens is 242 g/mol. The first-order chi connectivity index (χ1) is 8.21. The van der Waals surface area contributed by atoms with Gasteiger partial charge in [0, 0.05) is 24.5 Å². The summed E-state index contributed by atoms with van der Waals surface area (Å²) in [6.45, 7) is 1.68. The van der Waals surface area contributed by atoms with Gasteiger partial charge in [-0.05, 0) is 12.1 Å². The van der Waals surface area contributed by atoms with E-state index in [2.05, 4.69) is 5.43 Å². The van der Waals surface area contributed by atoms with E-state index < -0.39 is 0 Å². The van der Waals surface area contributed by atoms with Crippen molar-refractivity contribution in [2.45, 2.75) is 6.54 Å². The number of aliphatic hydroxyl groups excluding tert-OH is 2. The summed E-state index contributed by atoms with van der Waals surface area (Å²) in [5, 5.41) is 17.7. The molecule has 1 aromatic rings. The van der Waals surface area contributed by atoms with Crippen LogP contribution in [0.5, 0.6) is 0 Å². The van der Waals surface area contributed by atoms with E-state index in [1.807, 2.05) is 11.0 Å². The smallest absolute Gasteiger partial charge is 0.275 e. The highest BCUT2D eigenvalue weighted by atomic mass is 32.1. The number of hydrazine groups is 1. The van der Waals surface area contributed by atoms with Crippen molar-refractivity contribution >= 4 is 17.2 Å². The molecule has 1 rings (SSSR count). The monoisotopic (exact) mass is 259 g/mol. The lowest BCUT2D eigenvalue weighted by Crippen LogP contribution is -2.29. The van der Waals surface area contributed by atoms with Crippen LogP contribution in [-0.2, 0) is 6.54 Å². The second-order valence-electron chi connectivity index (χ2n) is 3.46. The summed E-state index contributed by atoms with van der Waals surface area (Å²) < 4.78 is 0. The van der Waals surface area contributed by atoms with Crippen molar-refractivity contribution in [3.05, 3.63) is 21.9 Å². The van der Waals surface area contributed by atoms with Gasteiger partial charge in [-0.3, -0.25) is 15.1 Å². The Labute approximate surface area is 104 Å². The molecule has 0 aromatic carbocycles. The molecule has 0 spiro atoms. The summed E-state index contributed by atoms with van der Waals surface area (Å²) >= 11 is 1.35. The number of aliphatic hydroxyl groups is 2. The fourth-order valence-electron chi connectivity index (χ4n) is 1.43. The molecule has 0 aliphatic carbocycles. The van der Waals surface area contributed by atoms with Crippen LogP contribution in [0.15, 0.2) is 12.1 Å². The maximum Gasteiger partial charge on any atom is 0.275 e. The number of hydrogen-bond donors (Lipinski definition) is 4. The second kappa shape index (κ2) is 7.36. The van der Waals surface area contributed by atoms with Crippen molar-refractivity contribution in [2.75, 3.05) is 26.3 Å². The van der Waals surface area contributed by atoms with Gasteiger partial charge in [-0.2, -0.15) is 0 Å². The van der Waals surface area contributed by atoms with Crippen molar-refractivity contribution in [2.24, 2.45) is 5.84 Å². The molecule has 6 nitrogen and oxygen atoms in total. The molecule has 0 radical (unpaired) electrons. The lowest BCUT2D eigenvalue weighted by molar-refractivity contribution is 0.0957. The molecule has 0 saturated carbocycles. The molecule has 0 fully saturated rings. The fraction of sp³-hybridized carbons (Fsp3) is 0.500. The summed E-state index contributed by atoms with van der Waals surface area (Å²) in [5.74, 6) is 4.73. The van der Waals surface area contributed by atoms with Gasteiger partial charge in [-0.25, -0.2) is 5.84 Å². The number of rotatable bonds is 7. The molecule has 0 aliphatic heterocycles. The molecule has 17 heavy (non-hydrogen) atoms. The Morgan fingerprint density at radius 3 is 2.53 bits per heavy atom. The Morgan fingerprint density at radius 1 is 1.35 bits per heavy atom. The number of carbonyl (C=O) groups excluding carboxylic acids is 1. The second-order valence-corrected chi connectivity index (χ2v) is 4.63. The number of hydrogen-bond acceptors (Lipinski definition) is 6. The maximum atomic E-state index is 11.2. The first-order valence-electron chi connectivity index (χ1n) is 5.25. The van der Waals surface area contributed by atoms with E-state index >= 15 is 0 Å². The number of nitrogen functional groups attached to an aromatic ring is 1. The molecular formula is C10H17N3O3S. The Hall–Kier alpha value is -0.990. The van der Waals surface area contributed by atoms with Gasteiger partial charge < -0.3 is 10.2 Å². The van der Waals surface area contributed by atoms with Crippen LogP contribution in [0.3, 0.4) is 0 Å². The highest BCUT2D eigenvalue weighted by Gasteiger charge is 2.10. The Balaban J connectivity index is 2.60. The molecule has 96 valence electrons. The van der Waals surface area contributed by atoms with Crippen molar-refractivity contribution in [3.8, 4) is 0 Å². The van der Waals surface area contributed by atoms with Gasteiger partial charge >= 0.3 is 0 Å². The predicted molar refractivity (Wildman–Crippen MR) is 65.4 cm³/mol. The molecule has 0 aliphatic rings. The molecule has 7 heteroatoms. The van der Waals surface area contributed by atoms with E-state index in [9.17, 15) is 4.79 Å². The van der Waals surface area contributed by atoms with Crippen LogP contribution in [0, 0.1) is 0 Å². The third-order valence-corrected chi connectivity index (χ3v) is 3.30. The van der Waals surface area contributed by atoms with Crippen LogP contribution in [0.1, 0.15) is 14.5 Å². The molecule has 0 unspecified atom stereocenters. The van der Waals surface area contributed by atoms with Gasteiger partial charge in [-0.15, -0.1) is 11.3 Å². The minimum absolute atomic E-state index is 0.0432.